The molecule has 152 valence electrons. The molecule has 6 heteroatoms. The van der Waals surface area contributed by atoms with E-state index in [2.05, 4.69) is 0 Å². The fourth-order valence-corrected chi connectivity index (χ4v) is 3.93. The Labute approximate surface area is 185 Å². The van der Waals surface area contributed by atoms with Gasteiger partial charge in [0.25, 0.3) is 5.91 Å². The molecule has 0 aliphatic carbocycles. The first kappa shape index (κ1) is 20.5. The van der Waals surface area contributed by atoms with Crippen molar-refractivity contribution in [2.75, 3.05) is 11.4 Å². The molecule has 0 saturated heterocycles. The van der Waals surface area contributed by atoms with Gasteiger partial charge in [-0.25, -0.2) is 0 Å². The number of rotatable bonds is 4. The predicted molar refractivity (Wildman–Crippen MR) is 120 cm³/mol. The van der Waals surface area contributed by atoms with Gasteiger partial charge in [-0.3, -0.25) is 9.59 Å². The van der Waals surface area contributed by atoms with Crippen molar-refractivity contribution < 1.29 is 9.59 Å². The quantitative estimate of drug-likeness (QED) is 0.520. The maximum Gasteiger partial charge on any atom is 0.254 e. The van der Waals surface area contributed by atoms with Gasteiger partial charge in [-0.15, -0.1) is 11.6 Å². The van der Waals surface area contributed by atoms with Gasteiger partial charge in [-0.2, -0.15) is 0 Å². The molecule has 0 bridgehead atoms. The van der Waals surface area contributed by atoms with Gasteiger partial charge in [-0.1, -0.05) is 54.1 Å². The monoisotopic (exact) mass is 438 g/mol. The van der Waals surface area contributed by atoms with Crippen LogP contribution in [0.2, 0.25) is 5.02 Å². The van der Waals surface area contributed by atoms with Gasteiger partial charge in [0.05, 0.1) is 6.54 Å². The molecule has 0 N–H and O–H groups in total. The number of alkyl halides is 1. The van der Waals surface area contributed by atoms with E-state index in [4.69, 9.17) is 23.2 Å². The molecule has 3 aromatic rings. The summed E-state index contributed by atoms with van der Waals surface area (Å²) >= 11 is 11.9. The highest BCUT2D eigenvalue weighted by molar-refractivity contribution is 6.30. The zero-order valence-corrected chi connectivity index (χ0v) is 17.7. The molecule has 0 fully saturated rings. The van der Waals surface area contributed by atoms with E-state index < -0.39 is 0 Å². The summed E-state index contributed by atoms with van der Waals surface area (Å²) in [5.41, 5.74) is 4.26. The highest BCUT2D eigenvalue weighted by atomic mass is 35.5. The van der Waals surface area contributed by atoms with Crippen LogP contribution in [0.4, 0.5) is 5.69 Å². The number of benzene rings is 3. The van der Waals surface area contributed by atoms with Crippen molar-refractivity contribution in [2.45, 2.75) is 19.0 Å². The fourth-order valence-electron chi connectivity index (χ4n) is 3.64. The Kier molecular flexibility index (Phi) is 6.07. The van der Waals surface area contributed by atoms with E-state index in [0.717, 1.165) is 22.4 Å². The molecular formula is C24H20Cl2N2O2. The van der Waals surface area contributed by atoms with Gasteiger partial charge in [0.1, 0.15) is 6.54 Å². The molecular weight excluding hydrogens is 419 g/mol. The second kappa shape index (κ2) is 8.90. The van der Waals surface area contributed by atoms with Crippen molar-refractivity contribution in [1.82, 2.24) is 4.90 Å². The standard InChI is InChI=1S/C24H20Cl2N2O2/c25-13-17-4-3-5-18(12-17)14-28-22-7-2-1-6-20(22)15-27(16-23(28)29)24(30)19-8-10-21(26)11-9-19/h1-12H,13-16H2. The van der Waals surface area contributed by atoms with Gasteiger partial charge >= 0.3 is 0 Å². The second-order valence-electron chi connectivity index (χ2n) is 7.23. The van der Waals surface area contributed by atoms with Crippen LogP contribution < -0.4 is 4.90 Å². The van der Waals surface area contributed by atoms with E-state index in [1.54, 1.807) is 34.1 Å². The van der Waals surface area contributed by atoms with Crippen LogP contribution in [0.5, 0.6) is 0 Å². The molecule has 1 aliphatic heterocycles. The van der Waals surface area contributed by atoms with Crippen LogP contribution in [0.25, 0.3) is 0 Å². The molecule has 0 aromatic heterocycles. The number of carbonyl (C=O) groups excluding carboxylic acids is 2. The highest BCUT2D eigenvalue weighted by Crippen LogP contribution is 2.28. The Bertz CT molecular complexity index is 1080. The van der Waals surface area contributed by atoms with Gasteiger partial charge in [0.15, 0.2) is 0 Å². The van der Waals surface area contributed by atoms with Crippen LogP contribution in [0.15, 0.2) is 72.8 Å². The molecule has 0 spiro atoms. The number of fused-ring (bicyclic) bond motifs is 1. The topological polar surface area (TPSA) is 40.6 Å². The normalized spacial score (nSPS) is 13.7. The summed E-state index contributed by atoms with van der Waals surface area (Å²) in [5.74, 6) is 0.0983. The lowest BCUT2D eigenvalue weighted by atomic mass is 10.1. The van der Waals surface area contributed by atoms with E-state index in [1.165, 1.54) is 0 Å². The largest absolute Gasteiger partial charge is 0.325 e. The summed E-state index contributed by atoms with van der Waals surface area (Å²) in [5, 5.41) is 0.564. The van der Waals surface area contributed by atoms with Gasteiger partial charge < -0.3 is 9.80 Å². The van der Waals surface area contributed by atoms with E-state index in [-0.39, 0.29) is 18.4 Å². The van der Waals surface area contributed by atoms with E-state index in [9.17, 15) is 9.59 Å². The van der Waals surface area contributed by atoms with E-state index in [1.807, 2.05) is 48.5 Å². The molecule has 1 aliphatic rings. The number of hydrogen-bond acceptors (Lipinski definition) is 2. The zero-order valence-electron chi connectivity index (χ0n) is 16.2. The third-order valence-electron chi connectivity index (χ3n) is 5.14. The van der Waals surface area contributed by atoms with Crippen molar-refractivity contribution in [3.05, 3.63) is 100 Å². The van der Waals surface area contributed by atoms with Crippen LogP contribution in [0.1, 0.15) is 27.0 Å². The number of carbonyl (C=O) groups is 2. The number of anilines is 1. The van der Waals surface area contributed by atoms with Crippen molar-refractivity contribution in [1.29, 1.82) is 0 Å². The Morgan fingerprint density at radius 2 is 1.63 bits per heavy atom. The van der Waals surface area contributed by atoms with Crippen molar-refractivity contribution in [3.63, 3.8) is 0 Å². The molecule has 2 amide bonds. The van der Waals surface area contributed by atoms with Crippen molar-refractivity contribution in [3.8, 4) is 0 Å². The smallest absolute Gasteiger partial charge is 0.254 e. The van der Waals surface area contributed by atoms with Crippen LogP contribution in [-0.4, -0.2) is 23.3 Å². The molecule has 0 saturated carbocycles. The van der Waals surface area contributed by atoms with Gasteiger partial charge in [0.2, 0.25) is 5.91 Å². The minimum atomic E-state index is -0.194. The van der Waals surface area contributed by atoms with Crippen LogP contribution in [0.3, 0.4) is 0 Å². The molecule has 1 heterocycles. The van der Waals surface area contributed by atoms with Gasteiger partial charge in [0, 0.05) is 28.7 Å². The van der Waals surface area contributed by atoms with E-state index in [0.29, 0.717) is 29.6 Å². The predicted octanol–water partition coefficient (Wildman–Crippen LogP) is 5.27. The number of hydrogen-bond donors (Lipinski definition) is 0. The lowest BCUT2D eigenvalue weighted by molar-refractivity contribution is -0.119. The number of amides is 2. The Hall–Kier alpha value is -2.82. The van der Waals surface area contributed by atoms with Crippen molar-refractivity contribution >= 4 is 40.7 Å². The summed E-state index contributed by atoms with van der Waals surface area (Å²) in [4.78, 5) is 29.6. The maximum absolute atomic E-state index is 13.2. The van der Waals surface area contributed by atoms with E-state index >= 15 is 0 Å². The summed E-state index contributed by atoms with van der Waals surface area (Å²) in [6, 6.07) is 22.3. The number of halogens is 2. The molecule has 0 unspecified atom stereocenters. The molecule has 4 nitrogen and oxygen atoms in total. The minimum Gasteiger partial charge on any atom is -0.325 e. The molecule has 0 radical (unpaired) electrons. The SMILES string of the molecule is O=C(c1ccc(Cl)cc1)N1CC(=O)N(Cc2cccc(CCl)c2)c2ccccc2C1. The number of nitrogens with zero attached hydrogens (tertiary/aromatic N) is 2. The lowest BCUT2D eigenvalue weighted by Crippen LogP contribution is -2.39. The first-order valence-corrected chi connectivity index (χ1v) is 10.5. The average Bonchev–Trinajstić information content (AvgIpc) is 2.90. The second-order valence-corrected chi connectivity index (χ2v) is 7.93. The first-order chi connectivity index (χ1) is 14.5. The third kappa shape index (κ3) is 4.35. The first-order valence-electron chi connectivity index (χ1n) is 9.62. The highest BCUT2D eigenvalue weighted by Gasteiger charge is 2.29. The summed E-state index contributed by atoms with van der Waals surface area (Å²) in [6.45, 7) is 0.788. The lowest BCUT2D eigenvalue weighted by Gasteiger charge is -2.23. The van der Waals surface area contributed by atoms with Crippen LogP contribution >= 0.6 is 23.2 Å². The fraction of sp³-hybridized carbons (Fsp3) is 0.167. The Balaban J connectivity index is 1.65. The summed E-state index contributed by atoms with van der Waals surface area (Å²) < 4.78 is 0. The third-order valence-corrected chi connectivity index (χ3v) is 5.70. The van der Waals surface area contributed by atoms with Crippen molar-refractivity contribution in [2.24, 2.45) is 0 Å². The molecule has 30 heavy (non-hydrogen) atoms. The zero-order chi connectivity index (χ0) is 21.1. The van der Waals surface area contributed by atoms with Crippen LogP contribution in [0, 0.1) is 0 Å². The van der Waals surface area contributed by atoms with Crippen LogP contribution in [-0.2, 0) is 23.8 Å². The molecule has 0 atom stereocenters. The minimum absolute atomic E-state index is 0.00529. The Morgan fingerprint density at radius 3 is 2.40 bits per heavy atom. The maximum atomic E-state index is 13.2. The molecule has 4 rings (SSSR count). The molecule has 3 aromatic carbocycles. The number of para-hydroxylation sites is 1. The van der Waals surface area contributed by atoms with Gasteiger partial charge in [-0.05, 0) is 47.0 Å². The Morgan fingerprint density at radius 1 is 0.900 bits per heavy atom. The summed E-state index contributed by atoms with van der Waals surface area (Å²) in [6.07, 6.45) is 0. The average molecular weight is 439 g/mol. The summed E-state index contributed by atoms with van der Waals surface area (Å²) in [7, 11) is 0.